The van der Waals surface area contributed by atoms with Gasteiger partial charge in [0.1, 0.15) is 0 Å². The molecule has 92 valence electrons. The lowest BCUT2D eigenvalue weighted by Crippen LogP contribution is -2.11. The maximum atomic E-state index is 11.1. The van der Waals surface area contributed by atoms with Crippen molar-refractivity contribution < 1.29 is 4.79 Å². The molecule has 0 saturated carbocycles. The SMILES string of the molecule is CC(C)c1ccnc(-c2cncc(C(N)=O)c2)c1. The molecule has 2 heterocycles. The molecule has 18 heavy (non-hydrogen) atoms. The van der Waals surface area contributed by atoms with Gasteiger partial charge in [0.15, 0.2) is 0 Å². The molecule has 4 nitrogen and oxygen atoms in total. The van der Waals surface area contributed by atoms with Crippen LogP contribution in [0.4, 0.5) is 0 Å². The summed E-state index contributed by atoms with van der Waals surface area (Å²) in [6.45, 7) is 4.24. The number of rotatable bonds is 3. The van der Waals surface area contributed by atoms with E-state index in [-0.39, 0.29) is 0 Å². The normalized spacial score (nSPS) is 10.6. The zero-order chi connectivity index (χ0) is 13.1. The van der Waals surface area contributed by atoms with E-state index in [1.807, 2.05) is 12.1 Å². The van der Waals surface area contributed by atoms with Gasteiger partial charge in [-0.3, -0.25) is 14.8 Å². The third-order valence-electron chi connectivity index (χ3n) is 2.77. The molecule has 0 aromatic carbocycles. The Bertz CT molecular complexity index is 579. The number of amides is 1. The van der Waals surface area contributed by atoms with Crippen LogP contribution in [0.1, 0.15) is 35.7 Å². The summed E-state index contributed by atoms with van der Waals surface area (Å²) in [5.41, 5.74) is 8.43. The Kier molecular flexibility index (Phi) is 3.37. The number of aromatic nitrogens is 2. The van der Waals surface area contributed by atoms with Gasteiger partial charge in [-0.15, -0.1) is 0 Å². The van der Waals surface area contributed by atoms with E-state index in [2.05, 4.69) is 23.8 Å². The number of pyridine rings is 2. The fraction of sp³-hybridized carbons (Fsp3) is 0.214. The Morgan fingerprint density at radius 3 is 2.72 bits per heavy atom. The van der Waals surface area contributed by atoms with Crippen LogP contribution in [-0.2, 0) is 0 Å². The van der Waals surface area contributed by atoms with Gasteiger partial charge in [-0.2, -0.15) is 0 Å². The molecule has 0 aliphatic carbocycles. The van der Waals surface area contributed by atoms with E-state index in [0.717, 1.165) is 11.3 Å². The highest BCUT2D eigenvalue weighted by molar-refractivity contribution is 5.93. The van der Waals surface area contributed by atoms with E-state index in [1.54, 1.807) is 18.5 Å². The zero-order valence-corrected chi connectivity index (χ0v) is 10.4. The van der Waals surface area contributed by atoms with Crippen molar-refractivity contribution in [3.8, 4) is 11.3 Å². The van der Waals surface area contributed by atoms with Crippen LogP contribution < -0.4 is 5.73 Å². The fourth-order valence-corrected chi connectivity index (χ4v) is 1.68. The first-order valence-electron chi connectivity index (χ1n) is 5.79. The van der Waals surface area contributed by atoms with E-state index >= 15 is 0 Å². The minimum atomic E-state index is -0.482. The summed E-state index contributed by atoms with van der Waals surface area (Å²) in [4.78, 5) is 19.4. The van der Waals surface area contributed by atoms with Gasteiger partial charge in [-0.1, -0.05) is 13.8 Å². The van der Waals surface area contributed by atoms with E-state index in [9.17, 15) is 4.79 Å². The minimum Gasteiger partial charge on any atom is -0.366 e. The van der Waals surface area contributed by atoms with Crippen LogP contribution in [0.5, 0.6) is 0 Å². The molecule has 0 bridgehead atoms. The van der Waals surface area contributed by atoms with Crippen molar-refractivity contribution in [2.24, 2.45) is 5.73 Å². The molecular formula is C14H15N3O. The van der Waals surface area contributed by atoms with Gasteiger partial charge in [0.2, 0.25) is 5.91 Å². The van der Waals surface area contributed by atoms with Crippen LogP contribution in [0.2, 0.25) is 0 Å². The molecule has 2 aromatic rings. The summed E-state index contributed by atoms with van der Waals surface area (Å²) >= 11 is 0. The Labute approximate surface area is 106 Å². The van der Waals surface area contributed by atoms with Crippen LogP contribution in [0.25, 0.3) is 11.3 Å². The molecule has 0 aliphatic rings. The van der Waals surface area contributed by atoms with Gasteiger partial charge >= 0.3 is 0 Å². The van der Waals surface area contributed by atoms with E-state index in [4.69, 9.17) is 5.73 Å². The van der Waals surface area contributed by atoms with E-state index in [1.165, 1.54) is 11.8 Å². The largest absolute Gasteiger partial charge is 0.366 e. The molecule has 0 aliphatic heterocycles. The number of carbonyl (C=O) groups is 1. The second-order valence-electron chi connectivity index (χ2n) is 4.46. The molecule has 0 unspecified atom stereocenters. The first-order valence-corrected chi connectivity index (χ1v) is 5.79. The predicted molar refractivity (Wildman–Crippen MR) is 70.1 cm³/mol. The van der Waals surface area contributed by atoms with Gasteiger partial charge in [0.25, 0.3) is 0 Å². The lowest BCUT2D eigenvalue weighted by molar-refractivity contribution is 0.1000. The molecule has 1 amide bonds. The molecule has 2 aromatic heterocycles. The maximum absolute atomic E-state index is 11.1. The van der Waals surface area contributed by atoms with E-state index in [0.29, 0.717) is 11.5 Å². The number of nitrogens with zero attached hydrogens (tertiary/aromatic N) is 2. The Morgan fingerprint density at radius 1 is 1.28 bits per heavy atom. The highest BCUT2D eigenvalue weighted by Gasteiger charge is 2.07. The van der Waals surface area contributed by atoms with Gasteiger partial charge in [0, 0.05) is 24.2 Å². The topological polar surface area (TPSA) is 68.9 Å². The van der Waals surface area contributed by atoms with Crippen molar-refractivity contribution in [2.45, 2.75) is 19.8 Å². The number of hydrogen-bond donors (Lipinski definition) is 1. The molecule has 2 rings (SSSR count). The smallest absolute Gasteiger partial charge is 0.250 e. The number of primary amides is 1. The standard InChI is InChI=1S/C14H15N3O/c1-9(2)10-3-4-17-13(6-10)11-5-12(14(15)18)8-16-7-11/h3-9H,1-2H3,(H2,15,18). The zero-order valence-electron chi connectivity index (χ0n) is 10.4. The first-order chi connectivity index (χ1) is 8.58. The molecule has 2 N–H and O–H groups in total. The van der Waals surface area contributed by atoms with Crippen LogP contribution in [0, 0.1) is 0 Å². The highest BCUT2D eigenvalue weighted by Crippen LogP contribution is 2.21. The predicted octanol–water partition coefficient (Wildman–Crippen LogP) is 2.37. The summed E-state index contributed by atoms with van der Waals surface area (Å²) in [5.74, 6) is -0.0524. The summed E-state index contributed by atoms with van der Waals surface area (Å²) in [5, 5.41) is 0. The monoisotopic (exact) mass is 241 g/mol. The van der Waals surface area contributed by atoms with Gasteiger partial charge in [0.05, 0.1) is 11.3 Å². The second-order valence-corrected chi connectivity index (χ2v) is 4.46. The molecule has 0 fully saturated rings. The number of hydrogen-bond acceptors (Lipinski definition) is 3. The average Bonchev–Trinajstić information content (AvgIpc) is 2.39. The lowest BCUT2D eigenvalue weighted by Gasteiger charge is -2.07. The van der Waals surface area contributed by atoms with Gasteiger partial charge < -0.3 is 5.73 Å². The van der Waals surface area contributed by atoms with E-state index < -0.39 is 5.91 Å². The van der Waals surface area contributed by atoms with Crippen molar-refractivity contribution in [2.75, 3.05) is 0 Å². The van der Waals surface area contributed by atoms with Crippen molar-refractivity contribution in [3.63, 3.8) is 0 Å². The summed E-state index contributed by atoms with van der Waals surface area (Å²) in [6, 6.07) is 5.70. The highest BCUT2D eigenvalue weighted by atomic mass is 16.1. The Morgan fingerprint density at radius 2 is 2.06 bits per heavy atom. The third-order valence-corrected chi connectivity index (χ3v) is 2.77. The van der Waals surface area contributed by atoms with Crippen molar-refractivity contribution >= 4 is 5.91 Å². The van der Waals surface area contributed by atoms with Crippen molar-refractivity contribution in [1.29, 1.82) is 0 Å². The molecule has 0 saturated heterocycles. The van der Waals surface area contributed by atoms with Crippen LogP contribution in [0.15, 0.2) is 36.8 Å². The van der Waals surface area contributed by atoms with Crippen LogP contribution in [-0.4, -0.2) is 15.9 Å². The molecule has 0 atom stereocenters. The summed E-state index contributed by atoms with van der Waals surface area (Å²) in [6.07, 6.45) is 4.90. The lowest BCUT2D eigenvalue weighted by atomic mass is 10.0. The summed E-state index contributed by atoms with van der Waals surface area (Å²) < 4.78 is 0. The Hall–Kier alpha value is -2.23. The molecular weight excluding hydrogens is 226 g/mol. The Balaban J connectivity index is 2.45. The van der Waals surface area contributed by atoms with Crippen LogP contribution in [0.3, 0.4) is 0 Å². The second kappa shape index (κ2) is 4.96. The van der Waals surface area contributed by atoms with Crippen molar-refractivity contribution in [3.05, 3.63) is 47.9 Å². The minimum absolute atomic E-state index is 0.393. The molecule has 0 spiro atoms. The van der Waals surface area contributed by atoms with Gasteiger partial charge in [-0.05, 0) is 29.7 Å². The van der Waals surface area contributed by atoms with Gasteiger partial charge in [-0.25, -0.2) is 0 Å². The number of carbonyl (C=O) groups excluding carboxylic acids is 1. The third kappa shape index (κ3) is 2.53. The maximum Gasteiger partial charge on any atom is 0.250 e. The first kappa shape index (κ1) is 12.2. The quantitative estimate of drug-likeness (QED) is 0.896. The van der Waals surface area contributed by atoms with Crippen LogP contribution >= 0.6 is 0 Å². The van der Waals surface area contributed by atoms with Crippen molar-refractivity contribution in [1.82, 2.24) is 9.97 Å². The summed E-state index contributed by atoms with van der Waals surface area (Å²) in [7, 11) is 0. The fourth-order valence-electron chi connectivity index (χ4n) is 1.68. The number of nitrogens with two attached hydrogens (primary N) is 1. The molecule has 4 heteroatoms. The molecule has 0 radical (unpaired) electrons. The average molecular weight is 241 g/mol.